The lowest BCUT2D eigenvalue weighted by Crippen LogP contribution is -2.27. The van der Waals surface area contributed by atoms with Crippen molar-refractivity contribution in [3.8, 4) is 5.75 Å². The lowest BCUT2D eigenvalue weighted by molar-refractivity contribution is 0.0712. The predicted octanol–water partition coefficient (Wildman–Crippen LogP) is 7.83. The number of amides is 1. The number of benzene rings is 4. The number of hydrazone groups is 1. The van der Waals surface area contributed by atoms with E-state index in [2.05, 4.69) is 44.3 Å². The molecule has 5 nitrogen and oxygen atoms in total. The van der Waals surface area contributed by atoms with Gasteiger partial charge in [0, 0.05) is 12.1 Å². The summed E-state index contributed by atoms with van der Waals surface area (Å²) >= 11 is 0. The Bertz CT molecular complexity index is 1450. The molecule has 4 aromatic rings. The molecule has 0 aliphatic carbocycles. The highest BCUT2D eigenvalue weighted by Crippen LogP contribution is 2.36. The second-order valence-electron chi connectivity index (χ2n) is 9.62. The first-order valence-corrected chi connectivity index (χ1v) is 13.2. The molecule has 0 fully saturated rings. The van der Waals surface area contributed by atoms with Crippen LogP contribution in [0.25, 0.3) is 0 Å². The monoisotopic (exact) mass is 503 g/mol. The number of hydrogen-bond acceptors (Lipinski definition) is 4. The molecule has 0 bridgehead atoms. The van der Waals surface area contributed by atoms with Crippen molar-refractivity contribution in [1.82, 2.24) is 5.01 Å². The zero-order valence-electron chi connectivity index (χ0n) is 22.1. The highest BCUT2D eigenvalue weighted by Gasteiger charge is 2.34. The van der Waals surface area contributed by atoms with Crippen molar-refractivity contribution in [2.45, 2.75) is 39.7 Å². The van der Waals surface area contributed by atoms with Crippen molar-refractivity contribution in [3.63, 3.8) is 0 Å². The van der Waals surface area contributed by atoms with Crippen LogP contribution < -0.4 is 10.1 Å². The Morgan fingerprint density at radius 1 is 0.895 bits per heavy atom. The minimum absolute atomic E-state index is 0.134. The summed E-state index contributed by atoms with van der Waals surface area (Å²) in [7, 11) is 0. The fourth-order valence-corrected chi connectivity index (χ4v) is 4.70. The Hall–Kier alpha value is -4.38. The van der Waals surface area contributed by atoms with Gasteiger partial charge in [0.2, 0.25) is 0 Å². The summed E-state index contributed by atoms with van der Waals surface area (Å²) in [6.07, 6.45) is 1.60. The third-order valence-electron chi connectivity index (χ3n) is 6.99. The molecule has 5 rings (SSSR count). The van der Waals surface area contributed by atoms with Crippen LogP contribution in [-0.2, 0) is 0 Å². The summed E-state index contributed by atoms with van der Waals surface area (Å²) in [5.74, 6) is 0.707. The predicted molar refractivity (Wildman–Crippen MR) is 154 cm³/mol. The van der Waals surface area contributed by atoms with E-state index >= 15 is 0 Å². The number of nitrogens with one attached hydrogen (secondary N) is 1. The quantitative estimate of drug-likeness (QED) is 0.267. The average molecular weight is 504 g/mol. The molecule has 0 radical (unpaired) electrons. The maximum Gasteiger partial charge on any atom is 0.276 e. The fourth-order valence-electron chi connectivity index (χ4n) is 4.70. The van der Waals surface area contributed by atoms with E-state index in [9.17, 15) is 4.79 Å². The van der Waals surface area contributed by atoms with E-state index in [1.807, 2.05) is 78.9 Å². The van der Waals surface area contributed by atoms with Crippen LogP contribution >= 0.6 is 0 Å². The standard InChI is InChI=1S/C33H33N3O2/c1-4-21-38-27-19-17-25(18-20-27)31-22-32(26-12-6-5-7-13-26)36(35-31)33(37)28-14-8-9-15-30(28)34-29-16-10-11-23(2)24(29)3/h5-20,32,34H,4,21-22H2,1-3H3. The summed E-state index contributed by atoms with van der Waals surface area (Å²) < 4.78 is 5.75. The van der Waals surface area contributed by atoms with Gasteiger partial charge in [0.25, 0.3) is 5.91 Å². The van der Waals surface area contributed by atoms with Crippen molar-refractivity contribution in [2.24, 2.45) is 5.10 Å². The molecule has 0 spiro atoms. The number of aryl methyl sites for hydroxylation is 1. The largest absolute Gasteiger partial charge is 0.494 e. The highest BCUT2D eigenvalue weighted by molar-refractivity contribution is 6.06. The smallest absolute Gasteiger partial charge is 0.276 e. The van der Waals surface area contributed by atoms with Crippen LogP contribution in [0.15, 0.2) is 102 Å². The van der Waals surface area contributed by atoms with Gasteiger partial charge in [-0.25, -0.2) is 5.01 Å². The SMILES string of the molecule is CCCOc1ccc(C2=NN(C(=O)c3ccccc3Nc3cccc(C)c3C)C(c3ccccc3)C2)cc1. The maximum absolute atomic E-state index is 14.1. The van der Waals surface area contributed by atoms with Gasteiger partial charge in [-0.15, -0.1) is 0 Å². The zero-order valence-corrected chi connectivity index (χ0v) is 22.1. The molecule has 0 aromatic heterocycles. The number of carbonyl (C=O) groups excluding carboxylic acids is 1. The molecule has 1 amide bonds. The van der Waals surface area contributed by atoms with Gasteiger partial charge in [0.15, 0.2) is 0 Å². The van der Waals surface area contributed by atoms with Crippen molar-refractivity contribution in [3.05, 3.63) is 125 Å². The number of anilines is 2. The second-order valence-corrected chi connectivity index (χ2v) is 9.62. The highest BCUT2D eigenvalue weighted by atomic mass is 16.5. The van der Waals surface area contributed by atoms with E-state index in [0.29, 0.717) is 18.6 Å². The van der Waals surface area contributed by atoms with Gasteiger partial charge in [-0.1, -0.05) is 61.5 Å². The lowest BCUT2D eigenvalue weighted by Gasteiger charge is -2.23. The lowest BCUT2D eigenvalue weighted by atomic mass is 9.98. The van der Waals surface area contributed by atoms with Crippen LogP contribution in [0.4, 0.5) is 11.4 Å². The molecular weight excluding hydrogens is 470 g/mol. The number of nitrogens with zero attached hydrogens (tertiary/aromatic N) is 2. The van der Waals surface area contributed by atoms with Crippen molar-refractivity contribution in [1.29, 1.82) is 0 Å². The van der Waals surface area contributed by atoms with Gasteiger partial charge in [-0.05, 0) is 85.0 Å². The molecule has 1 aliphatic rings. The molecule has 5 heteroatoms. The van der Waals surface area contributed by atoms with Gasteiger partial charge < -0.3 is 10.1 Å². The molecule has 1 atom stereocenters. The van der Waals surface area contributed by atoms with Gasteiger partial charge >= 0.3 is 0 Å². The van der Waals surface area contributed by atoms with Crippen molar-refractivity contribution >= 4 is 23.0 Å². The zero-order chi connectivity index (χ0) is 26.5. The summed E-state index contributed by atoms with van der Waals surface area (Å²) in [6.45, 7) is 6.95. The first-order valence-electron chi connectivity index (χ1n) is 13.2. The Balaban J connectivity index is 1.48. The van der Waals surface area contributed by atoms with E-state index in [0.717, 1.165) is 45.9 Å². The summed E-state index contributed by atoms with van der Waals surface area (Å²) in [4.78, 5) is 14.1. The minimum Gasteiger partial charge on any atom is -0.494 e. The Morgan fingerprint density at radius 2 is 1.61 bits per heavy atom. The fraction of sp³-hybridized carbons (Fsp3) is 0.212. The first-order chi connectivity index (χ1) is 18.5. The van der Waals surface area contributed by atoms with Gasteiger partial charge in [0.1, 0.15) is 5.75 Å². The van der Waals surface area contributed by atoms with Crippen LogP contribution in [0, 0.1) is 13.8 Å². The van der Waals surface area contributed by atoms with E-state index in [1.54, 1.807) is 5.01 Å². The molecule has 0 saturated carbocycles. The molecule has 0 saturated heterocycles. The van der Waals surface area contributed by atoms with E-state index < -0.39 is 0 Å². The maximum atomic E-state index is 14.1. The summed E-state index contributed by atoms with van der Waals surface area (Å²) in [6, 6.07) is 31.7. The normalized spacial score (nSPS) is 14.8. The second kappa shape index (κ2) is 11.3. The van der Waals surface area contributed by atoms with Crippen LogP contribution in [0.2, 0.25) is 0 Å². The topological polar surface area (TPSA) is 53.9 Å². The Morgan fingerprint density at radius 3 is 2.37 bits per heavy atom. The van der Waals surface area contributed by atoms with Crippen LogP contribution in [0.3, 0.4) is 0 Å². The van der Waals surface area contributed by atoms with Gasteiger partial charge in [-0.2, -0.15) is 5.10 Å². The summed E-state index contributed by atoms with van der Waals surface area (Å²) in [5, 5.41) is 10.0. The number of para-hydroxylation sites is 1. The first kappa shape index (κ1) is 25.3. The van der Waals surface area contributed by atoms with E-state index in [1.165, 1.54) is 5.56 Å². The Kier molecular flexibility index (Phi) is 7.55. The molecule has 192 valence electrons. The molecule has 1 heterocycles. The number of carbonyl (C=O) groups is 1. The van der Waals surface area contributed by atoms with Gasteiger partial charge in [-0.3, -0.25) is 4.79 Å². The van der Waals surface area contributed by atoms with Crippen molar-refractivity contribution < 1.29 is 9.53 Å². The van der Waals surface area contributed by atoms with E-state index in [4.69, 9.17) is 9.84 Å². The van der Waals surface area contributed by atoms with Gasteiger partial charge in [0.05, 0.1) is 29.6 Å². The molecule has 38 heavy (non-hydrogen) atoms. The molecule has 1 N–H and O–H groups in total. The van der Waals surface area contributed by atoms with Crippen LogP contribution in [0.5, 0.6) is 5.75 Å². The van der Waals surface area contributed by atoms with Crippen LogP contribution in [-0.4, -0.2) is 23.2 Å². The van der Waals surface area contributed by atoms with Crippen molar-refractivity contribution in [2.75, 3.05) is 11.9 Å². The number of hydrogen-bond donors (Lipinski definition) is 1. The average Bonchev–Trinajstić information content (AvgIpc) is 3.41. The summed E-state index contributed by atoms with van der Waals surface area (Å²) in [5.41, 5.74) is 7.62. The third kappa shape index (κ3) is 5.32. The Labute approximate surface area is 224 Å². The molecule has 1 unspecified atom stereocenters. The number of rotatable bonds is 8. The molecule has 4 aromatic carbocycles. The third-order valence-corrected chi connectivity index (χ3v) is 6.99. The minimum atomic E-state index is -0.191. The van der Waals surface area contributed by atoms with E-state index in [-0.39, 0.29) is 11.9 Å². The van der Waals surface area contributed by atoms with Crippen LogP contribution in [0.1, 0.15) is 58.4 Å². The number of ether oxygens (including phenoxy) is 1. The molecular formula is C33H33N3O2. The molecule has 1 aliphatic heterocycles.